The van der Waals surface area contributed by atoms with Crippen LogP contribution < -0.4 is 10.1 Å². The van der Waals surface area contributed by atoms with Gasteiger partial charge in [-0.05, 0) is 18.6 Å². The Labute approximate surface area is 128 Å². The number of benzene rings is 1. The lowest BCUT2D eigenvalue weighted by Crippen LogP contribution is -2.38. The molecule has 8 heteroatoms. The number of rotatable bonds is 2. The first-order valence-electron chi connectivity index (χ1n) is 6.90. The van der Waals surface area contributed by atoms with Crippen LogP contribution in [-0.2, 0) is 14.6 Å². The molecule has 2 aliphatic heterocycles. The van der Waals surface area contributed by atoms with Crippen molar-refractivity contribution >= 4 is 27.3 Å². The van der Waals surface area contributed by atoms with E-state index in [9.17, 15) is 18.0 Å². The van der Waals surface area contributed by atoms with Gasteiger partial charge in [0.2, 0.25) is 0 Å². The van der Waals surface area contributed by atoms with Crippen LogP contribution >= 0.6 is 0 Å². The van der Waals surface area contributed by atoms with Crippen LogP contribution in [0.2, 0.25) is 0 Å². The maximum atomic E-state index is 12.6. The van der Waals surface area contributed by atoms with Crippen molar-refractivity contribution in [2.24, 2.45) is 0 Å². The lowest BCUT2D eigenvalue weighted by molar-refractivity contribution is -0.118. The molecule has 2 heterocycles. The largest absolute Gasteiger partial charge is 0.481 e. The Hall–Kier alpha value is -2.09. The van der Waals surface area contributed by atoms with Crippen LogP contribution in [0.25, 0.3) is 0 Å². The molecule has 1 aromatic carbocycles. The van der Waals surface area contributed by atoms with Crippen molar-refractivity contribution in [3.05, 3.63) is 23.8 Å². The average Bonchev–Trinajstić information content (AvgIpc) is 2.85. The molecule has 1 aromatic rings. The molecule has 0 aliphatic carbocycles. The number of nitrogens with one attached hydrogen (secondary N) is 1. The molecule has 0 aromatic heterocycles. The molecule has 3 rings (SSSR count). The number of carbonyl (C=O) groups is 2. The van der Waals surface area contributed by atoms with E-state index in [0.717, 1.165) is 0 Å². The fraction of sp³-hybridized carbons (Fsp3) is 0.429. The van der Waals surface area contributed by atoms with Crippen LogP contribution in [-0.4, -0.2) is 56.3 Å². The van der Waals surface area contributed by atoms with E-state index in [1.54, 1.807) is 25.2 Å². The van der Waals surface area contributed by atoms with Gasteiger partial charge >= 0.3 is 0 Å². The van der Waals surface area contributed by atoms with E-state index >= 15 is 0 Å². The van der Waals surface area contributed by atoms with Gasteiger partial charge in [-0.25, -0.2) is 8.42 Å². The summed E-state index contributed by atoms with van der Waals surface area (Å²) in [5.41, 5.74) is 0.777. The minimum Gasteiger partial charge on any atom is -0.481 e. The number of ether oxygens (including phenoxy) is 1. The second-order valence-corrected chi connectivity index (χ2v) is 7.72. The molecule has 1 N–H and O–H groups in total. The summed E-state index contributed by atoms with van der Waals surface area (Å²) in [6.45, 7) is -0.140. The topological polar surface area (TPSA) is 92.8 Å². The van der Waals surface area contributed by atoms with Crippen LogP contribution in [0, 0.1) is 0 Å². The van der Waals surface area contributed by atoms with Crippen LogP contribution in [0.5, 0.6) is 5.75 Å². The fourth-order valence-corrected chi connectivity index (χ4v) is 4.49. The second-order valence-electron chi connectivity index (χ2n) is 5.49. The number of hydrogen-bond acceptors (Lipinski definition) is 5. The highest BCUT2D eigenvalue weighted by atomic mass is 32.2. The highest BCUT2D eigenvalue weighted by Gasteiger charge is 2.34. The van der Waals surface area contributed by atoms with Crippen molar-refractivity contribution in [2.45, 2.75) is 12.5 Å². The quantitative estimate of drug-likeness (QED) is 0.843. The van der Waals surface area contributed by atoms with E-state index in [1.807, 2.05) is 0 Å². The normalized spacial score (nSPS) is 22.4. The summed E-state index contributed by atoms with van der Waals surface area (Å²) in [5.74, 6) is -0.154. The van der Waals surface area contributed by atoms with E-state index in [1.165, 1.54) is 4.90 Å². The number of carbonyl (C=O) groups excluding carboxylic acids is 2. The van der Waals surface area contributed by atoms with Gasteiger partial charge in [0.15, 0.2) is 22.2 Å². The molecule has 0 spiro atoms. The Bertz CT molecular complexity index is 744. The van der Waals surface area contributed by atoms with Crippen molar-refractivity contribution in [2.75, 3.05) is 30.5 Å². The molecular formula is C14H16N2O5S. The Morgan fingerprint density at radius 3 is 2.86 bits per heavy atom. The van der Waals surface area contributed by atoms with Gasteiger partial charge < -0.3 is 15.0 Å². The van der Waals surface area contributed by atoms with E-state index in [-0.39, 0.29) is 36.0 Å². The molecule has 0 saturated carbocycles. The zero-order valence-corrected chi connectivity index (χ0v) is 12.9. The van der Waals surface area contributed by atoms with Gasteiger partial charge in [-0.3, -0.25) is 9.59 Å². The minimum atomic E-state index is -3.06. The first-order valence-corrected chi connectivity index (χ1v) is 8.73. The first-order chi connectivity index (χ1) is 10.4. The Balaban J connectivity index is 1.87. The molecule has 118 valence electrons. The smallest absolute Gasteiger partial charge is 0.262 e. The van der Waals surface area contributed by atoms with E-state index in [0.29, 0.717) is 23.4 Å². The number of nitrogens with zero attached hydrogens (tertiary/aromatic N) is 1. The standard InChI is InChI=1S/C14H16N2O5S/c1-16(9-5-6-22(19,20)8-9)14(18)10-3-2-4-11-13(10)21-7-12(17)15-11/h2-4,9H,5-8H2,1H3,(H,15,17). The third kappa shape index (κ3) is 2.66. The highest BCUT2D eigenvalue weighted by molar-refractivity contribution is 7.91. The molecule has 7 nitrogen and oxygen atoms in total. The average molecular weight is 324 g/mol. The summed E-state index contributed by atoms with van der Waals surface area (Å²) in [6, 6.07) is 4.59. The van der Waals surface area contributed by atoms with Crippen molar-refractivity contribution in [3.8, 4) is 5.75 Å². The molecule has 0 radical (unpaired) electrons. The highest BCUT2D eigenvalue weighted by Crippen LogP contribution is 2.33. The maximum Gasteiger partial charge on any atom is 0.262 e. The van der Waals surface area contributed by atoms with Gasteiger partial charge in [0.25, 0.3) is 11.8 Å². The summed E-state index contributed by atoms with van der Waals surface area (Å²) >= 11 is 0. The van der Waals surface area contributed by atoms with E-state index < -0.39 is 9.84 Å². The van der Waals surface area contributed by atoms with Gasteiger partial charge in [-0.15, -0.1) is 0 Å². The molecule has 1 fully saturated rings. The molecule has 2 amide bonds. The SMILES string of the molecule is CN(C(=O)c1cccc2c1OCC(=O)N2)C1CCS(=O)(=O)C1. The predicted molar refractivity (Wildman–Crippen MR) is 79.7 cm³/mol. The van der Waals surface area contributed by atoms with Gasteiger partial charge in [0.1, 0.15) is 0 Å². The summed E-state index contributed by atoms with van der Waals surface area (Å²) in [7, 11) is -1.47. The minimum absolute atomic E-state index is 0.0120. The van der Waals surface area contributed by atoms with Gasteiger partial charge in [0, 0.05) is 13.1 Å². The van der Waals surface area contributed by atoms with Gasteiger partial charge in [0.05, 0.1) is 22.8 Å². The third-order valence-corrected chi connectivity index (χ3v) is 5.69. The fourth-order valence-electron chi connectivity index (χ4n) is 2.72. The first kappa shape index (κ1) is 14.8. The van der Waals surface area contributed by atoms with E-state index in [4.69, 9.17) is 4.74 Å². The summed E-state index contributed by atoms with van der Waals surface area (Å²) in [4.78, 5) is 25.4. The summed E-state index contributed by atoms with van der Waals surface area (Å²) < 4.78 is 28.5. The monoisotopic (exact) mass is 324 g/mol. The number of hydrogen-bond donors (Lipinski definition) is 1. The number of fused-ring (bicyclic) bond motifs is 1. The van der Waals surface area contributed by atoms with Crippen molar-refractivity contribution in [3.63, 3.8) is 0 Å². The summed E-state index contributed by atoms with van der Waals surface area (Å²) in [5, 5.41) is 2.65. The molecule has 2 aliphatic rings. The second kappa shape index (κ2) is 5.28. The lowest BCUT2D eigenvalue weighted by atomic mass is 10.1. The van der Waals surface area contributed by atoms with E-state index in [2.05, 4.69) is 5.32 Å². The maximum absolute atomic E-state index is 12.6. The molecule has 0 bridgehead atoms. The van der Waals surface area contributed by atoms with Gasteiger partial charge in [-0.1, -0.05) is 6.07 Å². The van der Waals surface area contributed by atoms with Crippen LogP contribution in [0.4, 0.5) is 5.69 Å². The van der Waals surface area contributed by atoms with Crippen LogP contribution in [0.3, 0.4) is 0 Å². The third-order valence-electron chi connectivity index (χ3n) is 3.94. The lowest BCUT2D eigenvalue weighted by Gasteiger charge is -2.26. The van der Waals surface area contributed by atoms with Crippen molar-refractivity contribution < 1.29 is 22.7 Å². The molecular weight excluding hydrogens is 308 g/mol. The van der Waals surface area contributed by atoms with Crippen molar-refractivity contribution in [1.29, 1.82) is 0 Å². The number of anilines is 1. The molecule has 1 atom stereocenters. The zero-order chi connectivity index (χ0) is 15.9. The Kier molecular flexibility index (Phi) is 3.56. The van der Waals surface area contributed by atoms with Crippen LogP contribution in [0.15, 0.2) is 18.2 Å². The Morgan fingerprint density at radius 2 is 2.18 bits per heavy atom. The molecule has 1 saturated heterocycles. The summed E-state index contributed by atoms with van der Waals surface area (Å²) in [6.07, 6.45) is 0.442. The number of amides is 2. The molecule has 22 heavy (non-hydrogen) atoms. The van der Waals surface area contributed by atoms with Crippen LogP contribution in [0.1, 0.15) is 16.8 Å². The number of para-hydroxylation sites is 1. The zero-order valence-electron chi connectivity index (χ0n) is 12.0. The number of sulfone groups is 1. The van der Waals surface area contributed by atoms with Gasteiger partial charge in [-0.2, -0.15) is 0 Å². The molecule has 1 unspecified atom stereocenters. The van der Waals surface area contributed by atoms with Crippen molar-refractivity contribution in [1.82, 2.24) is 4.90 Å². The Morgan fingerprint density at radius 1 is 1.41 bits per heavy atom. The predicted octanol–water partition coefficient (Wildman–Crippen LogP) is 0.277.